The maximum absolute atomic E-state index is 12.9. The zero-order valence-electron chi connectivity index (χ0n) is 47.8. The molecule has 9 N–H and O–H groups in total. The number of nitrogens with one attached hydrogen (secondary N) is 4. The summed E-state index contributed by atoms with van der Waals surface area (Å²) in [4.78, 5) is 157. The van der Waals surface area contributed by atoms with Crippen molar-refractivity contribution in [2.75, 3.05) is 65.6 Å². The number of Topliss-reactive ketones (excluding diaryl/α,β-unsaturated/α-hetero) is 4. The van der Waals surface area contributed by atoms with E-state index < -0.39 is 90.1 Å². The molecule has 0 fully saturated rings. The monoisotopic (exact) mass is 1230 g/mol. The van der Waals surface area contributed by atoms with Crippen LogP contribution < -0.4 is 21.3 Å². The third-order valence-electron chi connectivity index (χ3n) is 10.1. The van der Waals surface area contributed by atoms with Crippen molar-refractivity contribution in [1.29, 1.82) is 0 Å². The van der Waals surface area contributed by atoms with Crippen molar-refractivity contribution in [1.82, 2.24) is 21.3 Å². The van der Waals surface area contributed by atoms with E-state index in [1.165, 1.54) is 0 Å². The summed E-state index contributed by atoms with van der Waals surface area (Å²) in [6.07, 6.45) is 4.19. The Balaban J connectivity index is -0.000000540. The third kappa shape index (κ3) is 63.1. The molecule has 0 aromatic heterocycles. The second-order valence-corrected chi connectivity index (χ2v) is 17.3. The van der Waals surface area contributed by atoms with Crippen molar-refractivity contribution >= 4 is 76.6 Å². The number of nitrogens with zero attached hydrogens (tertiary/aromatic N) is 15. The molecule has 478 valence electrons. The van der Waals surface area contributed by atoms with E-state index in [4.69, 9.17) is 53.2 Å². The van der Waals surface area contributed by atoms with E-state index in [2.05, 4.69) is 76.1 Å². The van der Waals surface area contributed by atoms with Gasteiger partial charge in [0.2, 0.25) is 23.6 Å². The fraction of sp³-hybridized carbons (Fsp3) is 0.612. The number of carboxylic acids is 5. The molecule has 0 aliphatic heterocycles. The number of unbranched alkanes of at least 4 members (excludes halogenated alkanes) is 3. The Morgan fingerprint density at radius 3 is 1.46 bits per heavy atom. The number of ketones is 4. The summed E-state index contributed by atoms with van der Waals surface area (Å²) in [5.41, 5.74) is 40.5. The largest absolute Gasteiger partial charge is 0.481 e. The Kier molecular flexibility index (Phi) is 56.2. The molecular weight excluding hydrogens is 1160 g/mol. The average molecular weight is 1230 g/mol. The van der Waals surface area contributed by atoms with Gasteiger partial charge in [0.15, 0.2) is 17.3 Å². The normalized spacial score (nSPS) is 10.1. The van der Waals surface area contributed by atoms with Gasteiger partial charge in [0, 0.05) is 88.6 Å². The zero-order chi connectivity index (χ0) is 66.5. The van der Waals surface area contributed by atoms with Gasteiger partial charge in [0.1, 0.15) is 25.5 Å². The molecule has 0 saturated carbocycles. The topological polar surface area (TPSA) is 624 Å². The van der Waals surface area contributed by atoms with Crippen LogP contribution in [0.3, 0.4) is 0 Å². The van der Waals surface area contributed by atoms with Gasteiger partial charge >= 0.3 is 29.8 Å². The Morgan fingerprint density at radius 2 is 0.954 bits per heavy atom. The number of aliphatic carboxylic acids is 5. The first-order valence-corrected chi connectivity index (χ1v) is 26.4. The maximum atomic E-state index is 12.9. The van der Waals surface area contributed by atoms with Crippen molar-refractivity contribution < 1.29 is 92.6 Å². The highest BCUT2D eigenvalue weighted by molar-refractivity contribution is 5.94. The average Bonchev–Trinajstić information content (AvgIpc) is 3.35. The molecule has 0 aliphatic carbocycles. The van der Waals surface area contributed by atoms with E-state index in [0.717, 1.165) is 18.4 Å². The fourth-order valence-electron chi connectivity index (χ4n) is 5.99. The highest BCUT2D eigenvalue weighted by atomic mass is 16.5. The van der Waals surface area contributed by atoms with E-state index >= 15 is 0 Å². The Labute approximate surface area is 496 Å². The number of azide groups is 5. The van der Waals surface area contributed by atoms with Gasteiger partial charge < -0.3 is 51.5 Å². The molecule has 1 rings (SSSR count). The maximum Gasteiger partial charge on any atom is 0.329 e. The summed E-state index contributed by atoms with van der Waals surface area (Å²) in [6.45, 7) is 0.887. The molecule has 0 unspecified atom stereocenters. The number of carbonyl (C=O) groups excluding carboxylic acids is 8. The summed E-state index contributed by atoms with van der Waals surface area (Å²) < 4.78 is 4.53. The van der Waals surface area contributed by atoms with Gasteiger partial charge in [-0.25, -0.2) is 4.79 Å². The van der Waals surface area contributed by atoms with Crippen LogP contribution in [0.5, 0.6) is 0 Å². The van der Waals surface area contributed by atoms with Crippen LogP contribution in [0, 0.1) is 5.92 Å². The molecule has 0 bridgehead atoms. The first-order valence-electron chi connectivity index (χ1n) is 26.4. The minimum absolute atomic E-state index is 0.0478. The zero-order valence-corrected chi connectivity index (χ0v) is 47.8. The van der Waals surface area contributed by atoms with Crippen molar-refractivity contribution in [3.05, 3.63) is 88.1 Å². The lowest BCUT2D eigenvalue weighted by atomic mass is 9.94. The SMILES string of the molecule is CCC[C@H](CC(=O)CNC(=O)CN=[N+]=[N-])C(=O)N[C@H](Cc1ccccc1)C(=O)CCC(=O)O.[N-]=[N+]=NCC(=O)NCC(=O)NCC(=O)CCC(=O)O.[N-]=[N+]=NCCCCC(=O)CCC(=O)O.[N-]=[N+]=NCCCCCC(=O)O.[N-]=[N+]=NCCOCC(=O)O. The van der Waals surface area contributed by atoms with Crippen molar-refractivity contribution in [2.45, 2.75) is 122 Å². The van der Waals surface area contributed by atoms with E-state index in [0.29, 0.717) is 51.6 Å². The van der Waals surface area contributed by atoms with Crippen LogP contribution >= 0.6 is 0 Å². The summed E-state index contributed by atoms with van der Waals surface area (Å²) in [5, 5.41) is 67.1. The first-order chi connectivity index (χ1) is 41.4. The number of hydrogen-bond acceptors (Lipinski definition) is 19. The minimum Gasteiger partial charge on any atom is -0.481 e. The Morgan fingerprint density at radius 1 is 0.494 bits per heavy atom. The smallest absolute Gasteiger partial charge is 0.329 e. The summed E-state index contributed by atoms with van der Waals surface area (Å²) in [5.74, 6) is -9.21. The standard InChI is InChI=1S/C22H29N5O6.C9H13N5O5.C8H13N3O3.C6H11N3O2.C4H7N3O3/c1-2-6-16(12-17(28)13-24-20(30)14-25-27-23)22(33)26-18(19(29)9-10-21(31)32)11-15-7-4-3-5-8-15;10-14-13-5-8(17)12-4-7(16)11-3-6(15)1-2-9(18)19;9-11-10-6-2-1-3-7(12)4-5-8(13)14;7-9-8-5-3-1-2-4-6(10)11;5-7-6-1-2-10-3-4(8)9/h3-5,7-8,16,18H,2,6,9-14H2,1H3,(H,24,30)(H,26,33)(H,31,32);1-5H2,(H,11,16)(H,12,17)(H,18,19);1-6H2,(H,13,14);1-5H2,(H,10,11);1-3H2,(H,8,9)/t16-,18-;;;;/m1..../s1. The molecule has 0 aliphatic rings. The first kappa shape index (κ1) is 83.1. The van der Waals surface area contributed by atoms with E-state index in [-0.39, 0.29) is 109 Å². The molecule has 2 atom stereocenters. The molecular formula is C49H73N19O19. The van der Waals surface area contributed by atoms with Crippen LogP contribution in [0.15, 0.2) is 55.9 Å². The molecule has 4 amide bonds. The number of carboxylic acid groups (broad SMARTS) is 5. The second kappa shape index (κ2) is 58.8. The van der Waals surface area contributed by atoms with Crippen LogP contribution in [0.2, 0.25) is 0 Å². The van der Waals surface area contributed by atoms with Crippen LogP contribution in [-0.4, -0.2) is 174 Å². The molecule has 38 heteroatoms. The van der Waals surface area contributed by atoms with Gasteiger partial charge in [0.25, 0.3) is 0 Å². The van der Waals surface area contributed by atoms with Crippen molar-refractivity contribution in [3.8, 4) is 0 Å². The van der Waals surface area contributed by atoms with Crippen molar-refractivity contribution in [3.63, 3.8) is 0 Å². The van der Waals surface area contributed by atoms with Crippen LogP contribution in [-0.2, 0) is 73.5 Å². The molecule has 1 aromatic rings. The highest BCUT2D eigenvalue weighted by Gasteiger charge is 2.27. The molecule has 87 heavy (non-hydrogen) atoms. The molecule has 1 aromatic carbocycles. The van der Waals surface area contributed by atoms with Crippen molar-refractivity contribution in [2.24, 2.45) is 31.5 Å². The van der Waals surface area contributed by atoms with E-state index in [1.54, 1.807) is 24.3 Å². The quantitative estimate of drug-likeness (QED) is 0.0176. The molecule has 0 heterocycles. The molecule has 38 nitrogen and oxygen atoms in total. The summed E-state index contributed by atoms with van der Waals surface area (Å²) in [6, 6.07) is 8.09. The fourth-order valence-corrected chi connectivity index (χ4v) is 5.99. The second-order valence-electron chi connectivity index (χ2n) is 17.3. The minimum atomic E-state index is -1.11. The van der Waals surface area contributed by atoms with Crippen LogP contribution in [0.4, 0.5) is 0 Å². The van der Waals surface area contributed by atoms with Gasteiger partial charge in [-0.3, -0.25) is 57.5 Å². The van der Waals surface area contributed by atoms with E-state index in [9.17, 15) is 62.3 Å². The Bertz CT molecular complexity index is 2590. The molecule has 0 saturated heterocycles. The number of carbonyl (C=O) groups is 13. The van der Waals surface area contributed by atoms with Crippen LogP contribution in [0.1, 0.15) is 115 Å². The molecule has 0 spiro atoms. The van der Waals surface area contributed by atoms with E-state index in [1.807, 2.05) is 13.0 Å². The predicted molar refractivity (Wildman–Crippen MR) is 303 cm³/mol. The number of hydrogen-bond donors (Lipinski definition) is 9. The van der Waals surface area contributed by atoms with Gasteiger partial charge in [-0.15, -0.1) is 0 Å². The molecule has 0 radical (unpaired) electrons. The third-order valence-corrected chi connectivity index (χ3v) is 10.1. The highest BCUT2D eigenvalue weighted by Crippen LogP contribution is 2.15. The van der Waals surface area contributed by atoms with Gasteiger partial charge in [0.05, 0.1) is 51.5 Å². The number of amides is 4. The lowest BCUT2D eigenvalue weighted by molar-refractivity contribution is -0.142. The number of ether oxygens (including phenoxy) is 1. The Hall–Kier alpha value is -10.4. The lowest BCUT2D eigenvalue weighted by Gasteiger charge is -2.22. The lowest BCUT2D eigenvalue weighted by Crippen LogP contribution is -2.45. The summed E-state index contributed by atoms with van der Waals surface area (Å²) >= 11 is 0. The van der Waals surface area contributed by atoms with Gasteiger partial charge in [-0.2, -0.15) is 0 Å². The predicted octanol–water partition coefficient (Wildman–Crippen LogP) is 5.15. The number of benzene rings is 1. The van der Waals surface area contributed by atoms with Gasteiger partial charge in [-0.05, 0) is 71.7 Å². The summed E-state index contributed by atoms with van der Waals surface area (Å²) in [7, 11) is 0. The van der Waals surface area contributed by atoms with Crippen LogP contribution in [0.25, 0.3) is 52.2 Å². The van der Waals surface area contributed by atoms with Gasteiger partial charge in [-0.1, -0.05) is 75.7 Å². The number of rotatable bonds is 44.